The van der Waals surface area contributed by atoms with Crippen molar-refractivity contribution in [2.75, 3.05) is 0 Å². The first kappa shape index (κ1) is 20.2. The third-order valence-corrected chi connectivity index (χ3v) is 4.33. The second-order valence-electron chi connectivity index (χ2n) is 7.86. The predicted octanol–water partition coefficient (Wildman–Crippen LogP) is 2.48. The molecule has 0 saturated heterocycles. The van der Waals surface area contributed by atoms with Crippen molar-refractivity contribution in [1.82, 2.24) is 19.7 Å². The molecule has 2 aromatic heterocycles. The SMILES string of the molecule is Cc1ccnc(C(Oc2ccc3c(c2)c(C(N)=O)nn3CC(=O)O)C(C)(C)C)n1. The van der Waals surface area contributed by atoms with E-state index in [0.29, 0.717) is 22.5 Å². The van der Waals surface area contributed by atoms with Crippen LogP contribution in [0.2, 0.25) is 0 Å². The van der Waals surface area contributed by atoms with E-state index in [-0.39, 0.29) is 17.7 Å². The van der Waals surface area contributed by atoms with Gasteiger partial charge in [-0.25, -0.2) is 9.97 Å². The third kappa shape index (κ3) is 4.34. The molecule has 3 N–H and O–H groups in total. The summed E-state index contributed by atoms with van der Waals surface area (Å²) in [4.78, 5) is 31.7. The number of hydrogen-bond donors (Lipinski definition) is 2. The van der Waals surface area contributed by atoms with Gasteiger partial charge in [-0.15, -0.1) is 0 Å². The topological polar surface area (TPSA) is 133 Å². The molecule has 1 aromatic carbocycles. The molecule has 1 amide bonds. The highest BCUT2D eigenvalue weighted by Gasteiger charge is 2.31. The maximum absolute atomic E-state index is 11.8. The number of ether oxygens (including phenoxy) is 1. The Morgan fingerprint density at radius 2 is 2.00 bits per heavy atom. The van der Waals surface area contributed by atoms with E-state index in [1.165, 1.54) is 4.68 Å². The number of hydrogen-bond acceptors (Lipinski definition) is 6. The molecule has 1 atom stereocenters. The molecular formula is C20H23N5O4. The van der Waals surface area contributed by atoms with Crippen LogP contribution < -0.4 is 10.5 Å². The number of aryl methyl sites for hydroxylation is 1. The van der Waals surface area contributed by atoms with Crippen LogP contribution in [0.3, 0.4) is 0 Å². The minimum absolute atomic E-state index is 0.00851. The van der Waals surface area contributed by atoms with Crippen LogP contribution in [0.1, 0.15) is 48.9 Å². The van der Waals surface area contributed by atoms with Gasteiger partial charge in [0.1, 0.15) is 12.3 Å². The number of nitrogens with two attached hydrogens (primary N) is 1. The summed E-state index contributed by atoms with van der Waals surface area (Å²) in [7, 11) is 0. The van der Waals surface area contributed by atoms with E-state index in [1.807, 2.05) is 33.8 Å². The molecule has 0 radical (unpaired) electrons. The summed E-state index contributed by atoms with van der Waals surface area (Å²) in [5.41, 5.74) is 6.41. The largest absolute Gasteiger partial charge is 0.482 e. The van der Waals surface area contributed by atoms with Crippen LogP contribution in [-0.2, 0) is 11.3 Å². The Hall–Kier alpha value is -3.49. The highest BCUT2D eigenvalue weighted by atomic mass is 16.5. The molecule has 9 nitrogen and oxygen atoms in total. The number of aromatic nitrogens is 4. The Kier molecular flexibility index (Phi) is 5.23. The lowest BCUT2D eigenvalue weighted by molar-refractivity contribution is -0.137. The van der Waals surface area contributed by atoms with Gasteiger partial charge >= 0.3 is 5.97 Å². The molecule has 3 rings (SSSR count). The molecule has 0 spiro atoms. The average Bonchev–Trinajstić information content (AvgIpc) is 2.96. The smallest absolute Gasteiger partial charge is 0.325 e. The van der Waals surface area contributed by atoms with Crippen molar-refractivity contribution in [1.29, 1.82) is 0 Å². The van der Waals surface area contributed by atoms with Crippen LogP contribution in [-0.4, -0.2) is 36.7 Å². The average molecular weight is 397 g/mol. The van der Waals surface area contributed by atoms with Gasteiger partial charge in [0, 0.05) is 22.7 Å². The Balaban J connectivity index is 2.05. The molecule has 0 saturated carbocycles. The number of carbonyl (C=O) groups excluding carboxylic acids is 1. The van der Waals surface area contributed by atoms with Crippen molar-refractivity contribution in [3.63, 3.8) is 0 Å². The summed E-state index contributed by atoms with van der Waals surface area (Å²) in [6.45, 7) is 7.55. The van der Waals surface area contributed by atoms with Gasteiger partial charge in [0.05, 0.1) is 5.52 Å². The Bertz CT molecular complexity index is 1080. The van der Waals surface area contributed by atoms with E-state index in [1.54, 1.807) is 24.4 Å². The molecule has 29 heavy (non-hydrogen) atoms. The van der Waals surface area contributed by atoms with Gasteiger partial charge in [-0.05, 0) is 31.2 Å². The van der Waals surface area contributed by atoms with Crippen molar-refractivity contribution >= 4 is 22.8 Å². The fraction of sp³-hybridized carbons (Fsp3) is 0.350. The lowest BCUT2D eigenvalue weighted by atomic mass is 9.88. The maximum Gasteiger partial charge on any atom is 0.325 e. The number of carbonyl (C=O) groups is 2. The highest BCUT2D eigenvalue weighted by Crippen LogP contribution is 2.36. The van der Waals surface area contributed by atoms with Gasteiger partial charge in [0.2, 0.25) is 0 Å². The molecule has 0 bridgehead atoms. The number of amides is 1. The highest BCUT2D eigenvalue weighted by molar-refractivity contribution is 6.04. The first-order valence-electron chi connectivity index (χ1n) is 9.04. The van der Waals surface area contributed by atoms with Crippen molar-refractivity contribution in [3.8, 4) is 5.75 Å². The van der Waals surface area contributed by atoms with Crippen molar-refractivity contribution in [2.24, 2.45) is 11.1 Å². The zero-order valence-electron chi connectivity index (χ0n) is 16.7. The van der Waals surface area contributed by atoms with E-state index in [4.69, 9.17) is 15.6 Å². The fourth-order valence-electron chi connectivity index (χ4n) is 3.01. The van der Waals surface area contributed by atoms with Crippen LogP contribution in [0.15, 0.2) is 30.5 Å². The summed E-state index contributed by atoms with van der Waals surface area (Å²) < 4.78 is 7.45. The van der Waals surface area contributed by atoms with Gasteiger partial charge in [0.25, 0.3) is 5.91 Å². The maximum atomic E-state index is 11.8. The number of nitrogens with zero attached hydrogens (tertiary/aromatic N) is 4. The molecule has 0 aliphatic carbocycles. The van der Waals surface area contributed by atoms with Gasteiger partial charge in [-0.3, -0.25) is 14.3 Å². The molecule has 1 unspecified atom stereocenters. The Morgan fingerprint density at radius 3 is 2.59 bits per heavy atom. The second kappa shape index (κ2) is 7.50. The number of primary amides is 1. The molecule has 0 aliphatic rings. The zero-order chi connectivity index (χ0) is 21.3. The summed E-state index contributed by atoms with van der Waals surface area (Å²) >= 11 is 0. The first-order valence-corrected chi connectivity index (χ1v) is 9.04. The van der Waals surface area contributed by atoms with E-state index >= 15 is 0 Å². The standard InChI is InChI=1S/C20H23N5O4/c1-11-7-8-22-19(23-11)17(20(2,3)4)29-12-5-6-14-13(9-12)16(18(21)28)24-25(14)10-15(26)27/h5-9,17H,10H2,1-4H3,(H2,21,28)(H,26,27). The van der Waals surface area contributed by atoms with Crippen LogP contribution in [0.25, 0.3) is 10.9 Å². The van der Waals surface area contributed by atoms with E-state index < -0.39 is 18.0 Å². The van der Waals surface area contributed by atoms with E-state index in [9.17, 15) is 9.59 Å². The zero-order valence-corrected chi connectivity index (χ0v) is 16.7. The van der Waals surface area contributed by atoms with Gasteiger partial charge in [0.15, 0.2) is 17.6 Å². The van der Waals surface area contributed by atoms with Crippen molar-refractivity contribution in [2.45, 2.75) is 40.3 Å². The monoisotopic (exact) mass is 397 g/mol. The lowest BCUT2D eigenvalue weighted by Gasteiger charge is -2.30. The predicted molar refractivity (Wildman–Crippen MR) is 105 cm³/mol. The van der Waals surface area contributed by atoms with Gasteiger partial charge < -0.3 is 15.6 Å². The third-order valence-electron chi connectivity index (χ3n) is 4.33. The Morgan fingerprint density at radius 1 is 1.28 bits per heavy atom. The van der Waals surface area contributed by atoms with Crippen molar-refractivity contribution in [3.05, 3.63) is 47.7 Å². The van der Waals surface area contributed by atoms with Crippen LogP contribution in [0.4, 0.5) is 0 Å². The quantitative estimate of drug-likeness (QED) is 0.653. The summed E-state index contributed by atoms with van der Waals surface area (Å²) in [6, 6.07) is 6.80. The van der Waals surface area contributed by atoms with E-state index in [0.717, 1.165) is 5.69 Å². The number of carboxylic acids is 1. The molecule has 0 fully saturated rings. The number of fused-ring (bicyclic) bond motifs is 1. The molecule has 2 heterocycles. The fourth-order valence-corrected chi connectivity index (χ4v) is 3.01. The lowest BCUT2D eigenvalue weighted by Crippen LogP contribution is -2.26. The molecule has 152 valence electrons. The molecule has 0 aliphatic heterocycles. The molecular weight excluding hydrogens is 374 g/mol. The minimum Gasteiger partial charge on any atom is -0.482 e. The minimum atomic E-state index is -1.07. The first-order chi connectivity index (χ1) is 13.6. The molecule has 3 aromatic rings. The van der Waals surface area contributed by atoms with Gasteiger partial charge in [-0.2, -0.15) is 5.10 Å². The number of carboxylic acid groups (broad SMARTS) is 1. The summed E-state index contributed by atoms with van der Waals surface area (Å²) in [5, 5.41) is 13.5. The van der Waals surface area contributed by atoms with E-state index in [2.05, 4.69) is 15.1 Å². The number of benzene rings is 1. The second-order valence-corrected chi connectivity index (χ2v) is 7.86. The summed E-state index contributed by atoms with van der Waals surface area (Å²) in [6.07, 6.45) is 1.23. The van der Waals surface area contributed by atoms with Crippen LogP contribution >= 0.6 is 0 Å². The summed E-state index contributed by atoms with van der Waals surface area (Å²) in [5.74, 6) is -0.796. The van der Waals surface area contributed by atoms with Crippen LogP contribution in [0, 0.1) is 12.3 Å². The number of rotatable bonds is 6. The normalized spacial score (nSPS) is 12.7. The van der Waals surface area contributed by atoms with Gasteiger partial charge in [-0.1, -0.05) is 20.8 Å². The van der Waals surface area contributed by atoms with Crippen LogP contribution in [0.5, 0.6) is 5.75 Å². The molecule has 9 heteroatoms. The number of aliphatic carboxylic acids is 1. The van der Waals surface area contributed by atoms with Crippen molar-refractivity contribution < 1.29 is 19.4 Å². The Labute approximate surface area is 167 Å².